The highest BCUT2D eigenvalue weighted by Crippen LogP contribution is 2.21. The molecule has 0 spiro atoms. The Morgan fingerprint density at radius 2 is 1.70 bits per heavy atom. The molecule has 0 aliphatic heterocycles. The molecule has 2 N–H and O–H groups in total. The van der Waals surface area contributed by atoms with E-state index in [1.807, 2.05) is 63.2 Å². The van der Waals surface area contributed by atoms with Crippen LogP contribution in [0.4, 0.5) is 5.69 Å². The fourth-order valence-corrected chi connectivity index (χ4v) is 2.86. The van der Waals surface area contributed by atoms with E-state index in [0.29, 0.717) is 0 Å². The summed E-state index contributed by atoms with van der Waals surface area (Å²) in [5.41, 5.74) is 4.78. The highest BCUT2D eigenvalue weighted by atomic mass is 16.2. The SMILES string of the molecule is Cc1cc(C)c(NC(=O)CNC(=O)c2cnn(-c3ccccc3)n2)c(C)c1. The zero-order chi connectivity index (χ0) is 19.4. The van der Waals surface area contributed by atoms with Gasteiger partial charge in [-0.3, -0.25) is 9.59 Å². The Balaban J connectivity index is 1.60. The second kappa shape index (κ2) is 7.82. The summed E-state index contributed by atoms with van der Waals surface area (Å²) in [5, 5.41) is 13.6. The Morgan fingerprint density at radius 1 is 1.04 bits per heavy atom. The molecule has 1 heterocycles. The van der Waals surface area contributed by atoms with Gasteiger partial charge >= 0.3 is 0 Å². The predicted octanol–water partition coefficient (Wildman–Crippen LogP) is 2.56. The molecular formula is C20H21N5O2. The topological polar surface area (TPSA) is 88.9 Å². The van der Waals surface area contributed by atoms with Crippen molar-refractivity contribution in [2.75, 3.05) is 11.9 Å². The molecule has 7 nitrogen and oxygen atoms in total. The zero-order valence-electron chi connectivity index (χ0n) is 15.5. The molecule has 1 aromatic heterocycles. The number of hydrogen-bond donors (Lipinski definition) is 2. The minimum atomic E-state index is -0.454. The molecule has 3 rings (SSSR count). The molecule has 0 atom stereocenters. The highest BCUT2D eigenvalue weighted by Gasteiger charge is 2.14. The lowest BCUT2D eigenvalue weighted by atomic mass is 10.1. The van der Waals surface area contributed by atoms with Gasteiger partial charge in [0.1, 0.15) is 0 Å². The summed E-state index contributed by atoms with van der Waals surface area (Å²) in [6.45, 7) is 5.74. The Hall–Kier alpha value is -3.48. The summed E-state index contributed by atoms with van der Waals surface area (Å²) in [6, 6.07) is 13.3. The van der Waals surface area contributed by atoms with E-state index in [-0.39, 0.29) is 18.1 Å². The van der Waals surface area contributed by atoms with Crippen LogP contribution in [0.1, 0.15) is 27.2 Å². The van der Waals surface area contributed by atoms with Crippen LogP contribution in [-0.2, 0) is 4.79 Å². The van der Waals surface area contributed by atoms with E-state index in [2.05, 4.69) is 20.8 Å². The number of anilines is 1. The monoisotopic (exact) mass is 363 g/mol. The summed E-state index contributed by atoms with van der Waals surface area (Å²) in [4.78, 5) is 25.8. The van der Waals surface area contributed by atoms with Crippen molar-refractivity contribution in [2.45, 2.75) is 20.8 Å². The van der Waals surface area contributed by atoms with Crippen LogP contribution in [0, 0.1) is 20.8 Å². The lowest BCUT2D eigenvalue weighted by Crippen LogP contribution is -2.33. The molecule has 0 aliphatic rings. The molecular weight excluding hydrogens is 342 g/mol. The van der Waals surface area contributed by atoms with Crippen molar-refractivity contribution in [3.8, 4) is 5.69 Å². The van der Waals surface area contributed by atoms with Gasteiger partial charge in [-0.05, 0) is 44.0 Å². The second-order valence-electron chi connectivity index (χ2n) is 6.36. The number of carbonyl (C=O) groups is 2. The van der Waals surface area contributed by atoms with Crippen molar-refractivity contribution in [3.05, 3.63) is 71.0 Å². The van der Waals surface area contributed by atoms with Gasteiger partial charge in [-0.25, -0.2) is 0 Å². The van der Waals surface area contributed by atoms with Crippen molar-refractivity contribution >= 4 is 17.5 Å². The molecule has 2 aromatic carbocycles. The van der Waals surface area contributed by atoms with E-state index in [9.17, 15) is 9.59 Å². The molecule has 0 unspecified atom stereocenters. The maximum absolute atomic E-state index is 12.2. The molecule has 0 radical (unpaired) electrons. The normalized spacial score (nSPS) is 10.5. The standard InChI is InChI=1S/C20H21N5O2/c1-13-9-14(2)19(15(3)10-13)23-18(26)12-21-20(27)17-11-22-25(24-17)16-7-5-4-6-8-16/h4-11H,12H2,1-3H3,(H,21,27)(H,23,26). The van der Waals surface area contributed by atoms with Crippen LogP contribution < -0.4 is 10.6 Å². The van der Waals surface area contributed by atoms with Gasteiger partial charge in [0.25, 0.3) is 5.91 Å². The number of amides is 2. The number of aryl methyl sites for hydroxylation is 3. The molecule has 0 saturated carbocycles. The van der Waals surface area contributed by atoms with E-state index in [4.69, 9.17) is 0 Å². The smallest absolute Gasteiger partial charge is 0.273 e. The third kappa shape index (κ3) is 4.38. The predicted molar refractivity (Wildman–Crippen MR) is 103 cm³/mol. The van der Waals surface area contributed by atoms with E-state index < -0.39 is 5.91 Å². The van der Waals surface area contributed by atoms with Crippen LogP contribution in [0.3, 0.4) is 0 Å². The van der Waals surface area contributed by atoms with Gasteiger partial charge in [-0.2, -0.15) is 9.90 Å². The van der Waals surface area contributed by atoms with Gasteiger partial charge in [0, 0.05) is 5.69 Å². The lowest BCUT2D eigenvalue weighted by Gasteiger charge is -2.13. The van der Waals surface area contributed by atoms with E-state index in [1.54, 1.807) is 0 Å². The van der Waals surface area contributed by atoms with Crippen molar-refractivity contribution in [1.82, 2.24) is 20.3 Å². The van der Waals surface area contributed by atoms with Crippen molar-refractivity contribution in [3.63, 3.8) is 0 Å². The van der Waals surface area contributed by atoms with Crippen LogP contribution in [-0.4, -0.2) is 33.4 Å². The molecule has 138 valence electrons. The minimum absolute atomic E-state index is 0.148. The molecule has 7 heteroatoms. The van der Waals surface area contributed by atoms with Gasteiger partial charge in [0.15, 0.2) is 5.69 Å². The summed E-state index contributed by atoms with van der Waals surface area (Å²) < 4.78 is 0. The van der Waals surface area contributed by atoms with Crippen LogP contribution >= 0.6 is 0 Å². The average Bonchev–Trinajstić information content (AvgIpc) is 3.14. The number of para-hydroxylation sites is 1. The molecule has 3 aromatic rings. The number of nitrogens with one attached hydrogen (secondary N) is 2. The van der Waals surface area contributed by atoms with Gasteiger partial charge < -0.3 is 10.6 Å². The molecule has 2 amide bonds. The molecule has 0 bridgehead atoms. The van der Waals surface area contributed by atoms with E-state index in [0.717, 1.165) is 28.1 Å². The van der Waals surface area contributed by atoms with E-state index in [1.165, 1.54) is 11.0 Å². The first kappa shape index (κ1) is 18.3. The largest absolute Gasteiger partial charge is 0.342 e. The third-order valence-electron chi connectivity index (χ3n) is 4.06. The van der Waals surface area contributed by atoms with Crippen molar-refractivity contribution in [2.24, 2.45) is 0 Å². The number of aromatic nitrogens is 3. The molecule has 0 saturated heterocycles. The van der Waals surface area contributed by atoms with Gasteiger partial charge in [-0.15, -0.1) is 5.10 Å². The summed E-state index contributed by atoms with van der Waals surface area (Å²) >= 11 is 0. The maximum atomic E-state index is 12.2. The van der Waals surface area contributed by atoms with Gasteiger partial charge in [0.2, 0.25) is 5.91 Å². The van der Waals surface area contributed by atoms with Crippen LogP contribution in [0.5, 0.6) is 0 Å². The summed E-state index contributed by atoms with van der Waals surface area (Å²) in [7, 11) is 0. The number of hydrogen-bond acceptors (Lipinski definition) is 4. The highest BCUT2D eigenvalue weighted by molar-refractivity contribution is 5.98. The fourth-order valence-electron chi connectivity index (χ4n) is 2.86. The van der Waals surface area contributed by atoms with Crippen LogP contribution in [0.25, 0.3) is 5.69 Å². The second-order valence-corrected chi connectivity index (χ2v) is 6.36. The number of rotatable bonds is 5. The zero-order valence-corrected chi connectivity index (χ0v) is 15.5. The first-order valence-corrected chi connectivity index (χ1v) is 8.57. The minimum Gasteiger partial charge on any atom is -0.342 e. The first-order valence-electron chi connectivity index (χ1n) is 8.57. The van der Waals surface area contributed by atoms with E-state index >= 15 is 0 Å². The number of carbonyl (C=O) groups excluding carboxylic acids is 2. The fraction of sp³-hybridized carbons (Fsp3) is 0.200. The van der Waals surface area contributed by atoms with Gasteiger partial charge in [0.05, 0.1) is 18.4 Å². The maximum Gasteiger partial charge on any atom is 0.273 e. The van der Waals surface area contributed by atoms with Gasteiger partial charge in [-0.1, -0.05) is 35.9 Å². The first-order chi connectivity index (χ1) is 12.9. The summed E-state index contributed by atoms with van der Waals surface area (Å²) in [6.07, 6.45) is 1.37. The lowest BCUT2D eigenvalue weighted by molar-refractivity contribution is -0.115. The Labute approximate surface area is 157 Å². The number of benzene rings is 2. The molecule has 27 heavy (non-hydrogen) atoms. The van der Waals surface area contributed by atoms with Crippen molar-refractivity contribution in [1.29, 1.82) is 0 Å². The molecule has 0 fully saturated rings. The van der Waals surface area contributed by atoms with Crippen LogP contribution in [0.2, 0.25) is 0 Å². The van der Waals surface area contributed by atoms with Crippen molar-refractivity contribution < 1.29 is 9.59 Å². The number of nitrogens with zero attached hydrogens (tertiary/aromatic N) is 3. The Bertz CT molecular complexity index is 956. The Morgan fingerprint density at radius 3 is 2.37 bits per heavy atom. The summed E-state index contributed by atoms with van der Waals surface area (Å²) in [5.74, 6) is -0.751. The quantitative estimate of drug-likeness (QED) is 0.729. The molecule has 0 aliphatic carbocycles. The van der Waals surface area contributed by atoms with Crippen LogP contribution in [0.15, 0.2) is 48.7 Å². The Kier molecular flexibility index (Phi) is 5.30. The average molecular weight is 363 g/mol. The third-order valence-corrected chi connectivity index (χ3v) is 4.06.